The summed E-state index contributed by atoms with van der Waals surface area (Å²) in [6.45, 7) is 6.96. The van der Waals surface area contributed by atoms with E-state index in [0.29, 0.717) is 16.4 Å². The summed E-state index contributed by atoms with van der Waals surface area (Å²) in [5.74, 6) is 3.27. The van der Waals surface area contributed by atoms with Crippen LogP contribution < -0.4 is 0 Å². The van der Waals surface area contributed by atoms with Crippen molar-refractivity contribution < 1.29 is 0 Å². The van der Waals surface area contributed by atoms with Crippen molar-refractivity contribution in [2.24, 2.45) is 11.3 Å². The number of halogens is 3. The van der Waals surface area contributed by atoms with E-state index in [1.54, 1.807) is 0 Å². The lowest BCUT2D eigenvalue weighted by molar-refractivity contribution is 0.292. The van der Waals surface area contributed by atoms with Crippen LogP contribution in [0.4, 0.5) is 0 Å². The molecule has 5 heteroatoms. The van der Waals surface area contributed by atoms with Gasteiger partial charge < -0.3 is 0 Å². The number of alkyl halides is 3. The summed E-state index contributed by atoms with van der Waals surface area (Å²) in [4.78, 5) is 0. The molecule has 0 aromatic carbocycles. The highest BCUT2D eigenvalue weighted by molar-refractivity contribution is 8.17. The Morgan fingerprint density at radius 1 is 1.06 bits per heavy atom. The van der Waals surface area contributed by atoms with Gasteiger partial charge in [-0.1, -0.05) is 55.6 Å². The molecular weight excluding hydrogens is 303 g/mol. The van der Waals surface area contributed by atoms with Crippen molar-refractivity contribution in [2.45, 2.75) is 42.0 Å². The molecule has 96 valence electrons. The third kappa shape index (κ3) is 5.95. The molecule has 1 aliphatic rings. The summed E-state index contributed by atoms with van der Waals surface area (Å²) in [5, 5.41) is 0. The van der Waals surface area contributed by atoms with Crippen LogP contribution in [0.25, 0.3) is 0 Å². The molecule has 0 radical (unpaired) electrons. The maximum Gasteiger partial charge on any atom is 0.190 e. The smallest absolute Gasteiger partial charge is 0.147 e. The first-order valence-electron chi connectivity index (χ1n) is 5.48. The molecule has 0 spiro atoms. The minimum atomic E-state index is -1.08. The zero-order valence-electron chi connectivity index (χ0n) is 9.93. The van der Waals surface area contributed by atoms with Crippen LogP contribution in [0.15, 0.2) is 0 Å². The van der Waals surface area contributed by atoms with Gasteiger partial charge in [-0.25, -0.2) is 0 Å². The lowest BCUT2D eigenvalue weighted by Crippen LogP contribution is -2.29. The van der Waals surface area contributed by atoms with Crippen LogP contribution in [0.3, 0.4) is 0 Å². The van der Waals surface area contributed by atoms with E-state index in [2.05, 4.69) is 20.8 Å². The van der Waals surface area contributed by atoms with E-state index in [4.69, 9.17) is 34.8 Å². The highest BCUT2D eigenvalue weighted by atomic mass is 35.6. The van der Waals surface area contributed by atoms with Gasteiger partial charge >= 0.3 is 0 Å². The van der Waals surface area contributed by atoms with E-state index in [1.807, 2.05) is 23.5 Å². The molecular formula is C11H19Cl3S2. The molecule has 0 unspecified atom stereocenters. The Labute approximate surface area is 123 Å². The molecule has 1 aliphatic heterocycles. The highest BCUT2D eigenvalue weighted by Crippen LogP contribution is 2.44. The van der Waals surface area contributed by atoms with Crippen LogP contribution in [0, 0.1) is 11.3 Å². The average molecular weight is 322 g/mol. The highest BCUT2D eigenvalue weighted by Gasteiger charge is 2.31. The topological polar surface area (TPSA) is 0 Å². The summed E-state index contributed by atoms with van der Waals surface area (Å²) < 4.78 is -0.476. The predicted octanol–water partition coefficient (Wildman–Crippen LogP) is 5.61. The summed E-state index contributed by atoms with van der Waals surface area (Å²) in [7, 11) is 0. The first-order chi connectivity index (χ1) is 7.18. The molecule has 0 aromatic heterocycles. The van der Waals surface area contributed by atoms with Crippen molar-refractivity contribution in [1.29, 1.82) is 0 Å². The van der Waals surface area contributed by atoms with Gasteiger partial charge in [0.05, 0.1) is 4.58 Å². The van der Waals surface area contributed by atoms with E-state index in [1.165, 1.54) is 11.5 Å². The zero-order chi connectivity index (χ0) is 12.4. The first kappa shape index (κ1) is 15.6. The third-order valence-corrected chi connectivity index (χ3v) is 6.64. The van der Waals surface area contributed by atoms with Crippen LogP contribution in [0.5, 0.6) is 0 Å². The summed E-state index contributed by atoms with van der Waals surface area (Å²) in [6, 6.07) is 0. The van der Waals surface area contributed by atoms with Gasteiger partial charge in [-0.15, -0.1) is 23.5 Å². The summed E-state index contributed by atoms with van der Waals surface area (Å²) in [5.41, 5.74) is 0.417. The van der Waals surface area contributed by atoms with Gasteiger partial charge in [-0.3, -0.25) is 0 Å². The SMILES string of the molecule is CC(C)(C)[C@H]1CS[C@H](CCC(Cl)(Cl)Cl)SC1. The third-order valence-electron chi connectivity index (χ3n) is 2.85. The minimum Gasteiger partial charge on any atom is -0.147 e. The molecule has 0 N–H and O–H groups in total. The fourth-order valence-electron chi connectivity index (χ4n) is 1.49. The van der Waals surface area contributed by atoms with Gasteiger partial charge in [0.2, 0.25) is 0 Å². The van der Waals surface area contributed by atoms with Crippen molar-refractivity contribution in [3.8, 4) is 0 Å². The number of thioether (sulfide) groups is 2. The molecule has 1 saturated heterocycles. The van der Waals surface area contributed by atoms with Gasteiger partial charge in [-0.05, 0) is 35.7 Å². The second kappa shape index (κ2) is 6.14. The molecule has 0 amide bonds. The Morgan fingerprint density at radius 2 is 1.56 bits per heavy atom. The molecule has 0 saturated carbocycles. The number of hydrogen-bond donors (Lipinski definition) is 0. The van der Waals surface area contributed by atoms with Crippen molar-refractivity contribution in [2.75, 3.05) is 11.5 Å². The van der Waals surface area contributed by atoms with Crippen LogP contribution >= 0.6 is 58.3 Å². The van der Waals surface area contributed by atoms with Crippen molar-refractivity contribution in [3.05, 3.63) is 0 Å². The Kier molecular flexibility index (Phi) is 6.00. The molecule has 1 rings (SSSR count). The molecule has 1 fully saturated rings. The maximum atomic E-state index is 5.77. The van der Waals surface area contributed by atoms with Crippen molar-refractivity contribution in [1.82, 2.24) is 0 Å². The van der Waals surface area contributed by atoms with Gasteiger partial charge in [0.25, 0.3) is 0 Å². The molecule has 0 nitrogen and oxygen atoms in total. The van der Waals surface area contributed by atoms with E-state index in [-0.39, 0.29) is 0 Å². The predicted molar refractivity (Wildman–Crippen MR) is 81.2 cm³/mol. The van der Waals surface area contributed by atoms with Gasteiger partial charge in [0, 0.05) is 0 Å². The lowest BCUT2D eigenvalue weighted by Gasteiger charge is -2.36. The second-order valence-corrected chi connectivity index (χ2v) is 10.6. The fourth-order valence-corrected chi connectivity index (χ4v) is 5.52. The van der Waals surface area contributed by atoms with Crippen LogP contribution in [0.2, 0.25) is 0 Å². The summed E-state index contributed by atoms with van der Waals surface area (Å²) in [6.07, 6.45) is 1.64. The van der Waals surface area contributed by atoms with E-state index in [0.717, 1.165) is 12.3 Å². The van der Waals surface area contributed by atoms with Crippen molar-refractivity contribution >= 4 is 58.3 Å². The van der Waals surface area contributed by atoms with Crippen molar-refractivity contribution in [3.63, 3.8) is 0 Å². The van der Waals surface area contributed by atoms with Gasteiger partial charge in [0.15, 0.2) is 3.79 Å². The quantitative estimate of drug-likeness (QED) is 0.607. The van der Waals surface area contributed by atoms with E-state index >= 15 is 0 Å². The normalized spacial score (nSPS) is 28.1. The Bertz CT molecular complexity index is 212. The molecule has 0 atom stereocenters. The molecule has 16 heavy (non-hydrogen) atoms. The zero-order valence-corrected chi connectivity index (χ0v) is 13.8. The average Bonchev–Trinajstić information content (AvgIpc) is 2.13. The molecule has 0 aromatic rings. The minimum absolute atomic E-state index is 0.417. The van der Waals surface area contributed by atoms with Gasteiger partial charge in [-0.2, -0.15) is 0 Å². The number of rotatable bonds is 2. The molecule has 1 heterocycles. The van der Waals surface area contributed by atoms with Crippen LogP contribution in [-0.2, 0) is 0 Å². The monoisotopic (exact) mass is 320 g/mol. The second-order valence-electron chi connectivity index (χ2n) is 5.31. The Hall–Kier alpha value is 1.57. The fraction of sp³-hybridized carbons (Fsp3) is 1.00. The Morgan fingerprint density at radius 3 is 1.94 bits per heavy atom. The van der Waals surface area contributed by atoms with Crippen LogP contribution in [-0.4, -0.2) is 19.9 Å². The standard InChI is InChI=1S/C11H19Cl3S2/c1-10(2,3)8-6-15-9(16-7-8)4-5-11(12,13)14/h8-9H,4-7H2,1-3H3/t8-,9-. The van der Waals surface area contributed by atoms with E-state index in [9.17, 15) is 0 Å². The number of hydrogen-bond acceptors (Lipinski definition) is 2. The van der Waals surface area contributed by atoms with E-state index < -0.39 is 3.79 Å². The molecule has 0 bridgehead atoms. The summed E-state index contributed by atoms with van der Waals surface area (Å²) >= 11 is 21.3. The molecule has 0 aliphatic carbocycles. The lowest BCUT2D eigenvalue weighted by atomic mass is 9.83. The first-order valence-corrected chi connectivity index (χ1v) is 8.71. The Balaban J connectivity index is 2.28. The van der Waals surface area contributed by atoms with Gasteiger partial charge in [0.1, 0.15) is 0 Å². The van der Waals surface area contributed by atoms with Crippen LogP contribution in [0.1, 0.15) is 33.6 Å². The maximum absolute atomic E-state index is 5.77. The largest absolute Gasteiger partial charge is 0.190 e.